The Kier molecular flexibility index (Phi) is 12.2. The topological polar surface area (TPSA) is 24.7 Å². The van der Waals surface area contributed by atoms with Gasteiger partial charge in [-0.15, -0.1) is 0 Å². The SMILES string of the molecule is [Cl][Ni][Cl].c1ccc(P(=Nc2ccccc2N=P(c2ccccc2)(c2ccccc2)c2ccccc2)(c2ccccc2)c2ccccc2)cc1. The Bertz CT molecular complexity index is 1800. The Morgan fingerprint density at radius 2 is 0.449 bits per heavy atom. The van der Waals surface area contributed by atoms with Gasteiger partial charge in [-0.1, -0.05) is 194 Å². The summed E-state index contributed by atoms with van der Waals surface area (Å²) in [6.07, 6.45) is 0. The van der Waals surface area contributed by atoms with E-state index in [-0.39, 0.29) is 0 Å². The summed E-state index contributed by atoms with van der Waals surface area (Å²) in [7, 11) is 4.39. The van der Waals surface area contributed by atoms with Crippen molar-refractivity contribution in [3.63, 3.8) is 0 Å². The molecule has 0 aliphatic carbocycles. The van der Waals surface area contributed by atoms with Crippen molar-refractivity contribution in [2.75, 3.05) is 0 Å². The third kappa shape index (κ3) is 7.64. The summed E-state index contributed by atoms with van der Waals surface area (Å²) < 4.78 is 11.8. The van der Waals surface area contributed by atoms with E-state index in [0.717, 1.165) is 11.4 Å². The van der Waals surface area contributed by atoms with Gasteiger partial charge in [0.1, 0.15) is 0 Å². The molecule has 0 aromatic heterocycles. The van der Waals surface area contributed by atoms with E-state index in [2.05, 4.69) is 206 Å². The van der Waals surface area contributed by atoms with Crippen LogP contribution in [0.3, 0.4) is 0 Å². The van der Waals surface area contributed by atoms with Crippen LogP contribution in [0.25, 0.3) is 0 Å². The van der Waals surface area contributed by atoms with E-state index < -0.39 is 14.1 Å². The largest absolute Gasteiger partial charge is 0.252 e. The van der Waals surface area contributed by atoms with Crippen LogP contribution in [0.4, 0.5) is 11.4 Å². The van der Waals surface area contributed by atoms with Crippen LogP contribution in [0.2, 0.25) is 0 Å². The molecule has 246 valence electrons. The monoisotopic (exact) mass is 756 g/mol. The standard InChI is InChI=1S/C42H34N2P2.2ClH.Ni/c1-7-21-35(22-8-1)45(36-23-9-2-10-24-36,37-25-11-3-12-26-37)43-41-33-19-20-34-42(41)44-46(38-27-13-4-14-28-38,39-29-15-5-16-30-39)40-31-17-6-18-32-40;;;/h1-34H;2*1H;/q;;;+2/p-2. The molecular weight excluding hydrogens is 724 g/mol. The van der Waals surface area contributed by atoms with Crippen LogP contribution in [0.1, 0.15) is 0 Å². The average Bonchev–Trinajstić information content (AvgIpc) is 3.19. The Balaban J connectivity index is 0.00000134. The molecule has 7 aromatic carbocycles. The maximum Gasteiger partial charge on any atom is 0.0881 e. The summed E-state index contributed by atoms with van der Waals surface area (Å²) in [6.45, 7) is 0. The van der Waals surface area contributed by atoms with Crippen LogP contribution in [0.5, 0.6) is 0 Å². The molecule has 0 saturated carbocycles. The molecule has 0 bridgehead atoms. The average molecular weight is 758 g/mol. The van der Waals surface area contributed by atoms with Crippen molar-refractivity contribution in [2.45, 2.75) is 0 Å². The normalized spacial score (nSPS) is 11.2. The first-order valence-electron chi connectivity index (χ1n) is 15.7. The summed E-state index contributed by atoms with van der Waals surface area (Å²) in [4.78, 5) is 0. The van der Waals surface area contributed by atoms with E-state index in [1.165, 1.54) is 31.8 Å². The fourth-order valence-corrected chi connectivity index (χ4v) is 13.1. The van der Waals surface area contributed by atoms with E-state index in [0.29, 0.717) is 12.7 Å². The molecule has 0 atom stereocenters. The first kappa shape index (κ1) is 34.9. The second kappa shape index (κ2) is 17.1. The molecule has 49 heavy (non-hydrogen) atoms. The van der Waals surface area contributed by atoms with Crippen molar-refractivity contribution in [1.29, 1.82) is 0 Å². The molecule has 2 nitrogen and oxygen atoms in total. The Hall–Kier alpha value is -3.93. The van der Waals surface area contributed by atoms with Gasteiger partial charge in [-0.3, -0.25) is 9.49 Å². The predicted octanol–water partition coefficient (Wildman–Crippen LogP) is 10.7. The van der Waals surface area contributed by atoms with Crippen molar-refractivity contribution < 1.29 is 12.7 Å². The molecule has 0 unspecified atom stereocenters. The molecule has 7 rings (SSSR count). The van der Waals surface area contributed by atoms with Crippen LogP contribution in [0, 0.1) is 0 Å². The van der Waals surface area contributed by atoms with Gasteiger partial charge in [0.25, 0.3) is 0 Å². The zero-order valence-electron chi connectivity index (χ0n) is 26.5. The van der Waals surface area contributed by atoms with Gasteiger partial charge in [-0.2, -0.15) is 0 Å². The van der Waals surface area contributed by atoms with Crippen LogP contribution < -0.4 is 31.8 Å². The van der Waals surface area contributed by atoms with Gasteiger partial charge in [-0.05, 0) is 12.1 Å². The molecule has 0 N–H and O–H groups in total. The molecule has 0 amide bonds. The second-order valence-electron chi connectivity index (χ2n) is 11.0. The zero-order valence-corrected chi connectivity index (χ0v) is 30.8. The minimum Gasteiger partial charge on any atom is -0.252 e. The quantitative estimate of drug-likeness (QED) is 0.109. The maximum absolute atomic E-state index is 5.90. The molecule has 0 aliphatic rings. The Morgan fingerprint density at radius 1 is 0.286 bits per heavy atom. The molecular formula is C42H34Cl2N2NiP2. The molecule has 0 aliphatic heterocycles. The van der Waals surface area contributed by atoms with Crippen LogP contribution in [-0.4, -0.2) is 0 Å². The first-order valence-corrected chi connectivity index (χ1v) is 21.9. The van der Waals surface area contributed by atoms with Crippen LogP contribution in [-0.2, 0) is 12.7 Å². The number of hydrogen-bond donors (Lipinski definition) is 0. The number of rotatable bonds is 8. The third-order valence-corrected chi connectivity index (χ3v) is 15.5. The molecule has 0 heterocycles. The van der Waals surface area contributed by atoms with E-state index >= 15 is 0 Å². The Labute approximate surface area is 304 Å². The van der Waals surface area contributed by atoms with E-state index in [1.54, 1.807) is 0 Å². The summed E-state index contributed by atoms with van der Waals surface area (Å²) in [5, 5.41) is 7.24. The third-order valence-electron chi connectivity index (χ3n) is 8.18. The first-order chi connectivity index (χ1) is 24.2. The van der Waals surface area contributed by atoms with E-state index in [1.807, 2.05) is 0 Å². The van der Waals surface area contributed by atoms with Gasteiger partial charge in [0.15, 0.2) is 0 Å². The molecule has 0 saturated heterocycles. The molecule has 0 spiro atoms. The summed E-state index contributed by atoms with van der Waals surface area (Å²) in [6, 6.07) is 73.1. The fraction of sp³-hybridized carbons (Fsp3) is 0. The van der Waals surface area contributed by atoms with Crippen LogP contribution in [0.15, 0.2) is 216 Å². The number of hydrogen-bond acceptors (Lipinski definition) is 2. The van der Waals surface area contributed by atoms with Crippen molar-refractivity contribution in [1.82, 2.24) is 0 Å². The van der Waals surface area contributed by atoms with Crippen molar-refractivity contribution >= 4 is 77.7 Å². The number of halogens is 2. The maximum atomic E-state index is 5.90. The van der Waals surface area contributed by atoms with Gasteiger partial charge in [0.05, 0.1) is 25.5 Å². The van der Waals surface area contributed by atoms with Crippen molar-refractivity contribution in [3.05, 3.63) is 206 Å². The van der Waals surface area contributed by atoms with Gasteiger partial charge >= 0.3 is 33.0 Å². The fourth-order valence-electron chi connectivity index (χ4n) is 6.06. The number of benzene rings is 7. The zero-order chi connectivity index (χ0) is 33.8. The van der Waals surface area contributed by atoms with E-state index in [4.69, 9.17) is 29.9 Å². The van der Waals surface area contributed by atoms with E-state index in [9.17, 15) is 0 Å². The minimum absolute atomic E-state index is 0.569. The molecule has 7 heteroatoms. The number of nitrogens with zero attached hydrogens (tertiary/aromatic N) is 2. The minimum atomic E-state index is -2.51. The molecule has 7 aromatic rings. The predicted molar refractivity (Wildman–Crippen MR) is 213 cm³/mol. The second-order valence-corrected chi connectivity index (χ2v) is 18.7. The summed E-state index contributed by atoms with van der Waals surface area (Å²) >= 11 is 0.569. The summed E-state index contributed by atoms with van der Waals surface area (Å²) in [5.74, 6) is 0. The molecule has 0 radical (unpaired) electrons. The van der Waals surface area contributed by atoms with Gasteiger partial charge in [0.2, 0.25) is 0 Å². The van der Waals surface area contributed by atoms with Gasteiger partial charge < -0.3 is 0 Å². The van der Waals surface area contributed by atoms with Gasteiger partial charge in [-0.25, -0.2) is 0 Å². The van der Waals surface area contributed by atoms with Gasteiger partial charge in [0, 0.05) is 31.8 Å². The smallest absolute Gasteiger partial charge is 0.0881 e. The van der Waals surface area contributed by atoms with Crippen molar-refractivity contribution in [2.24, 2.45) is 9.49 Å². The van der Waals surface area contributed by atoms with Crippen molar-refractivity contribution in [3.8, 4) is 0 Å². The summed E-state index contributed by atoms with van der Waals surface area (Å²) in [5.41, 5.74) is 1.78. The van der Waals surface area contributed by atoms with Crippen LogP contribution >= 0.6 is 34.5 Å². The Morgan fingerprint density at radius 3 is 0.633 bits per heavy atom. The molecule has 0 fully saturated rings.